The van der Waals surface area contributed by atoms with Crippen molar-refractivity contribution in [1.29, 1.82) is 0 Å². The molecule has 1 aliphatic rings. The first kappa shape index (κ1) is 13.7. The number of carbonyl (C=O) groups is 2. The molecule has 3 rings (SSSR count). The van der Waals surface area contributed by atoms with Crippen LogP contribution in [0.2, 0.25) is 0 Å². The van der Waals surface area contributed by atoms with Gasteiger partial charge in [-0.3, -0.25) is 9.59 Å². The molecular weight excluding hydrogens is 270 g/mol. The highest BCUT2D eigenvalue weighted by Gasteiger charge is 2.30. The summed E-state index contributed by atoms with van der Waals surface area (Å²) in [5.41, 5.74) is 0.674. The number of aliphatic carboxylic acids is 1. The second-order valence-corrected chi connectivity index (χ2v) is 5.39. The van der Waals surface area contributed by atoms with Gasteiger partial charge in [0.25, 0.3) is 5.91 Å². The van der Waals surface area contributed by atoms with E-state index in [0.717, 1.165) is 24.6 Å². The number of nitrogens with zero attached hydrogens (tertiary/aromatic N) is 1. The van der Waals surface area contributed by atoms with E-state index in [0.29, 0.717) is 12.1 Å². The van der Waals surface area contributed by atoms with Crippen molar-refractivity contribution in [1.82, 2.24) is 4.90 Å². The lowest BCUT2D eigenvalue weighted by Gasteiger charge is -2.34. The van der Waals surface area contributed by atoms with Crippen LogP contribution in [0.15, 0.2) is 34.7 Å². The first-order chi connectivity index (χ1) is 10.1. The quantitative estimate of drug-likeness (QED) is 0.942. The smallest absolute Gasteiger partial charge is 0.305 e. The predicted molar refractivity (Wildman–Crippen MR) is 77.1 cm³/mol. The highest BCUT2D eigenvalue weighted by atomic mass is 16.4. The van der Waals surface area contributed by atoms with Crippen molar-refractivity contribution in [3.63, 3.8) is 0 Å². The van der Waals surface area contributed by atoms with Crippen molar-refractivity contribution in [2.45, 2.75) is 31.7 Å². The number of fused-ring (bicyclic) bond motifs is 1. The molecule has 0 bridgehead atoms. The van der Waals surface area contributed by atoms with Crippen molar-refractivity contribution in [3.8, 4) is 0 Å². The zero-order chi connectivity index (χ0) is 14.8. The van der Waals surface area contributed by atoms with Gasteiger partial charge in [-0.05, 0) is 31.4 Å². The molecule has 2 aromatic rings. The molecule has 1 aliphatic heterocycles. The maximum absolute atomic E-state index is 12.6. The molecule has 1 unspecified atom stereocenters. The van der Waals surface area contributed by atoms with Crippen LogP contribution in [0.3, 0.4) is 0 Å². The highest BCUT2D eigenvalue weighted by molar-refractivity contribution is 5.96. The summed E-state index contributed by atoms with van der Waals surface area (Å²) in [6.07, 6.45) is 2.59. The normalized spacial score (nSPS) is 18.9. The Labute approximate surface area is 122 Å². The Kier molecular flexibility index (Phi) is 3.64. The third-order valence-corrected chi connectivity index (χ3v) is 3.93. The molecule has 0 saturated carbocycles. The van der Waals surface area contributed by atoms with Gasteiger partial charge in [0.2, 0.25) is 0 Å². The van der Waals surface area contributed by atoms with Gasteiger partial charge in [-0.15, -0.1) is 0 Å². The van der Waals surface area contributed by atoms with Gasteiger partial charge in [0.15, 0.2) is 5.76 Å². The molecule has 1 saturated heterocycles. The van der Waals surface area contributed by atoms with Gasteiger partial charge in [0.1, 0.15) is 5.58 Å². The molecule has 0 radical (unpaired) electrons. The lowest BCUT2D eigenvalue weighted by molar-refractivity contribution is -0.138. The number of carboxylic acid groups (broad SMARTS) is 1. The Hall–Kier alpha value is -2.30. The average Bonchev–Trinajstić information content (AvgIpc) is 2.90. The molecule has 21 heavy (non-hydrogen) atoms. The molecule has 0 spiro atoms. The molecule has 1 atom stereocenters. The first-order valence-corrected chi connectivity index (χ1v) is 7.16. The van der Waals surface area contributed by atoms with E-state index in [2.05, 4.69) is 0 Å². The van der Waals surface area contributed by atoms with Gasteiger partial charge in [0.05, 0.1) is 6.42 Å². The summed E-state index contributed by atoms with van der Waals surface area (Å²) in [7, 11) is 0. The lowest BCUT2D eigenvalue weighted by Crippen LogP contribution is -2.44. The molecule has 1 amide bonds. The van der Waals surface area contributed by atoms with Gasteiger partial charge < -0.3 is 14.4 Å². The van der Waals surface area contributed by atoms with Crippen LogP contribution in [0, 0.1) is 0 Å². The Bertz CT molecular complexity index is 643. The molecule has 0 aliphatic carbocycles. The fraction of sp³-hybridized carbons (Fsp3) is 0.375. The number of furan rings is 1. The summed E-state index contributed by atoms with van der Waals surface area (Å²) >= 11 is 0. The summed E-state index contributed by atoms with van der Waals surface area (Å²) in [5.74, 6) is -0.796. The van der Waals surface area contributed by atoms with Gasteiger partial charge in [-0.2, -0.15) is 0 Å². The monoisotopic (exact) mass is 287 g/mol. The summed E-state index contributed by atoms with van der Waals surface area (Å²) in [6.45, 7) is 0.591. The lowest BCUT2D eigenvalue weighted by atomic mass is 9.99. The fourth-order valence-corrected chi connectivity index (χ4v) is 2.91. The van der Waals surface area contributed by atoms with E-state index >= 15 is 0 Å². The maximum Gasteiger partial charge on any atom is 0.305 e. The molecule has 1 fully saturated rings. The van der Waals surface area contributed by atoms with E-state index in [1.165, 1.54) is 0 Å². The van der Waals surface area contributed by atoms with Crippen molar-refractivity contribution in [3.05, 3.63) is 36.1 Å². The molecule has 5 nitrogen and oxygen atoms in total. The van der Waals surface area contributed by atoms with Crippen LogP contribution < -0.4 is 0 Å². The highest BCUT2D eigenvalue weighted by Crippen LogP contribution is 2.25. The Morgan fingerprint density at radius 1 is 1.29 bits per heavy atom. The minimum Gasteiger partial charge on any atom is -0.481 e. The Balaban J connectivity index is 1.86. The number of para-hydroxylation sites is 1. The molecular formula is C16H17NO4. The predicted octanol–water partition coefficient (Wildman–Crippen LogP) is 2.90. The average molecular weight is 287 g/mol. The fourth-order valence-electron chi connectivity index (χ4n) is 2.91. The Morgan fingerprint density at radius 3 is 2.86 bits per heavy atom. The van der Waals surface area contributed by atoms with E-state index < -0.39 is 5.97 Å². The van der Waals surface area contributed by atoms with E-state index in [9.17, 15) is 9.59 Å². The van der Waals surface area contributed by atoms with Crippen molar-refractivity contribution in [2.75, 3.05) is 6.54 Å². The number of rotatable bonds is 3. The summed E-state index contributed by atoms with van der Waals surface area (Å²) < 4.78 is 5.60. The summed E-state index contributed by atoms with van der Waals surface area (Å²) in [5, 5.41) is 9.87. The van der Waals surface area contributed by atoms with Crippen LogP contribution in [-0.4, -0.2) is 34.5 Å². The van der Waals surface area contributed by atoms with Crippen LogP contribution in [0.1, 0.15) is 36.2 Å². The third-order valence-electron chi connectivity index (χ3n) is 3.93. The number of carbonyl (C=O) groups excluding carboxylic acids is 1. The molecule has 1 aromatic carbocycles. The molecule has 2 heterocycles. The topological polar surface area (TPSA) is 70.8 Å². The zero-order valence-electron chi connectivity index (χ0n) is 11.6. The van der Waals surface area contributed by atoms with Crippen molar-refractivity contribution in [2.24, 2.45) is 0 Å². The SMILES string of the molecule is O=C(O)CC1CCCCN1C(=O)c1cc2ccccc2o1. The minimum atomic E-state index is -0.871. The van der Waals surface area contributed by atoms with Gasteiger partial charge >= 0.3 is 5.97 Å². The minimum absolute atomic E-state index is 0.00797. The summed E-state index contributed by atoms with van der Waals surface area (Å²) in [4.78, 5) is 25.2. The number of likely N-dealkylation sites (tertiary alicyclic amines) is 1. The Morgan fingerprint density at radius 2 is 2.10 bits per heavy atom. The maximum atomic E-state index is 12.6. The third kappa shape index (κ3) is 2.77. The number of amides is 1. The molecule has 1 N–H and O–H groups in total. The largest absolute Gasteiger partial charge is 0.481 e. The second kappa shape index (κ2) is 5.60. The molecule has 1 aromatic heterocycles. The van der Waals surface area contributed by atoms with Crippen LogP contribution in [0.5, 0.6) is 0 Å². The van der Waals surface area contributed by atoms with Gasteiger partial charge in [-0.1, -0.05) is 18.2 Å². The number of piperidine rings is 1. The standard InChI is InChI=1S/C16H17NO4/c18-15(19)10-12-6-3-4-8-17(12)16(20)14-9-11-5-1-2-7-13(11)21-14/h1-2,5,7,9,12H,3-4,6,8,10H2,(H,18,19). The molecule has 110 valence electrons. The summed E-state index contributed by atoms with van der Waals surface area (Å²) in [6, 6.07) is 8.94. The van der Waals surface area contributed by atoms with Gasteiger partial charge in [0, 0.05) is 18.0 Å². The zero-order valence-corrected chi connectivity index (χ0v) is 11.6. The van der Waals surface area contributed by atoms with Gasteiger partial charge in [-0.25, -0.2) is 0 Å². The number of benzene rings is 1. The van der Waals surface area contributed by atoms with Crippen LogP contribution >= 0.6 is 0 Å². The number of carboxylic acids is 1. The van der Waals surface area contributed by atoms with E-state index in [1.54, 1.807) is 11.0 Å². The van der Waals surface area contributed by atoms with Crippen LogP contribution in [-0.2, 0) is 4.79 Å². The number of hydrogen-bond donors (Lipinski definition) is 1. The second-order valence-electron chi connectivity index (χ2n) is 5.39. The van der Waals surface area contributed by atoms with Crippen molar-refractivity contribution >= 4 is 22.8 Å². The van der Waals surface area contributed by atoms with Crippen LogP contribution in [0.25, 0.3) is 11.0 Å². The van der Waals surface area contributed by atoms with Crippen LogP contribution in [0.4, 0.5) is 0 Å². The molecule has 5 heteroatoms. The van der Waals surface area contributed by atoms with E-state index in [4.69, 9.17) is 9.52 Å². The van der Waals surface area contributed by atoms with E-state index in [1.807, 2.05) is 24.3 Å². The van der Waals surface area contributed by atoms with Crippen molar-refractivity contribution < 1.29 is 19.1 Å². The van der Waals surface area contributed by atoms with E-state index in [-0.39, 0.29) is 24.1 Å². The number of hydrogen-bond acceptors (Lipinski definition) is 3. The first-order valence-electron chi connectivity index (χ1n) is 7.16.